The zero-order valence-electron chi connectivity index (χ0n) is 8.74. The molecule has 0 aromatic heterocycles. The van der Waals surface area contributed by atoms with Gasteiger partial charge in [-0.1, -0.05) is 0 Å². The van der Waals surface area contributed by atoms with Crippen molar-refractivity contribution in [3.05, 3.63) is 0 Å². The Morgan fingerprint density at radius 2 is 2.19 bits per heavy atom. The van der Waals surface area contributed by atoms with Gasteiger partial charge in [0.1, 0.15) is 0 Å². The predicted octanol–water partition coefficient (Wildman–Crippen LogP) is -0.0927. The summed E-state index contributed by atoms with van der Waals surface area (Å²) in [6.07, 6.45) is 1.20. The average Bonchev–Trinajstić information content (AvgIpc) is 2.52. The molecule has 1 unspecified atom stereocenters. The zero-order chi connectivity index (χ0) is 12.2. The first-order chi connectivity index (χ1) is 7.44. The van der Waals surface area contributed by atoms with Gasteiger partial charge in [-0.15, -0.1) is 0 Å². The topological polar surface area (TPSA) is 107 Å². The fourth-order valence-corrected chi connectivity index (χ4v) is 2.06. The van der Waals surface area contributed by atoms with Crippen LogP contribution in [0.4, 0.5) is 0 Å². The van der Waals surface area contributed by atoms with E-state index in [0.717, 1.165) is 0 Å². The molecule has 0 aliphatic carbocycles. The lowest BCUT2D eigenvalue weighted by molar-refractivity contribution is -0.129. The summed E-state index contributed by atoms with van der Waals surface area (Å²) in [5.74, 6) is -0.0900. The molecule has 0 spiro atoms. The van der Waals surface area contributed by atoms with E-state index in [9.17, 15) is 14.5 Å². The second-order valence-electron chi connectivity index (χ2n) is 3.62. The van der Waals surface area contributed by atoms with Crippen LogP contribution in [0.5, 0.6) is 0 Å². The van der Waals surface area contributed by atoms with E-state index in [1.165, 1.54) is 4.90 Å². The summed E-state index contributed by atoms with van der Waals surface area (Å²) >= 11 is 0. The van der Waals surface area contributed by atoms with Gasteiger partial charge in [-0.05, 0) is 12.8 Å². The molecule has 1 radical (unpaired) electrons. The molecule has 1 heterocycles. The van der Waals surface area contributed by atoms with Crippen LogP contribution in [-0.2, 0) is 19.0 Å². The third kappa shape index (κ3) is 4.19. The zero-order valence-corrected chi connectivity index (χ0v) is 9.64. The maximum atomic E-state index is 11.4. The summed E-state index contributed by atoms with van der Waals surface area (Å²) in [4.78, 5) is 29.9. The highest BCUT2D eigenvalue weighted by Gasteiger charge is 2.32. The van der Waals surface area contributed by atoms with Gasteiger partial charge in [-0.25, -0.2) is 9.67 Å². The summed E-state index contributed by atoms with van der Waals surface area (Å²) in [6.45, 7) is -0.123. The van der Waals surface area contributed by atoms with E-state index in [4.69, 9.17) is 9.79 Å². The SMILES string of the molecule is [O]CCCN1C(=O)CCC1COP(=O)(O)O. The van der Waals surface area contributed by atoms with E-state index in [2.05, 4.69) is 4.52 Å². The fourth-order valence-electron chi connectivity index (χ4n) is 1.69. The predicted molar refractivity (Wildman–Crippen MR) is 52.9 cm³/mol. The Morgan fingerprint density at radius 3 is 2.75 bits per heavy atom. The Hall–Kier alpha value is -0.460. The number of carbonyl (C=O) groups is 1. The van der Waals surface area contributed by atoms with Crippen LogP contribution in [0.25, 0.3) is 0 Å². The molecule has 1 amide bonds. The van der Waals surface area contributed by atoms with Gasteiger partial charge in [0.15, 0.2) is 0 Å². The van der Waals surface area contributed by atoms with Crippen LogP contribution in [-0.4, -0.2) is 46.4 Å². The monoisotopic (exact) mass is 252 g/mol. The van der Waals surface area contributed by atoms with Crippen molar-refractivity contribution in [2.75, 3.05) is 19.8 Å². The van der Waals surface area contributed by atoms with Crippen molar-refractivity contribution < 1.29 is 28.8 Å². The second-order valence-corrected chi connectivity index (χ2v) is 4.86. The molecule has 93 valence electrons. The normalized spacial score (nSPS) is 21.8. The van der Waals surface area contributed by atoms with E-state index in [1.807, 2.05) is 0 Å². The van der Waals surface area contributed by atoms with Crippen molar-refractivity contribution in [3.8, 4) is 0 Å². The van der Waals surface area contributed by atoms with Crippen LogP contribution >= 0.6 is 7.82 Å². The Balaban J connectivity index is 2.45. The van der Waals surface area contributed by atoms with Crippen molar-refractivity contribution in [1.82, 2.24) is 4.90 Å². The van der Waals surface area contributed by atoms with Crippen LogP contribution in [0, 0.1) is 0 Å². The molecule has 1 aliphatic heterocycles. The Labute approximate surface area is 93.3 Å². The van der Waals surface area contributed by atoms with Gasteiger partial charge in [-0.3, -0.25) is 9.32 Å². The maximum Gasteiger partial charge on any atom is 0.469 e. The van der Waals surface area contributed by atoms with E-state index >= 15 is 0 Å². The molecule has 1 aliphatic rings. The number of amides is 1. The molecule has 0 saturated carbocycles. The number of phosphoric ester groups is 1. The van der Waals surface area contributed by atoms with Crippen molar-refractivity contribution >= 4 is 13.7 Å². The quantitative estimate of drug-likeness (QED) is 0.642. The largest absolute Gasteiger partial charge is 0.469 e. The van der Waals surface area contributed by atoms with Crippen LogP contribution in [0.3, 0.4) is 0 Å². The van der Waals surface area contributed by atoms with Crippen LogP contribution in [0.1, 0.15) is 19.3 Å². The first-order valence-electron chi connectivity index (χ1n) is 5.01. The van der Waals surface area contributed by atoms with Gasteiger partial charge in [0.2, 0.25) is 5.91 Å². The smallest absolute Gasteiger partial charge is 0.337 e. The van der Waals surface area contributed by atoms with Crippen LogP contribution in [0.15, 0.2) is 0 Å². The molecule has 1 atom stereocenters. The third-order valence-corrected chi connectivity index (χ3v) is 2.92. The third-order valence-electron chi connectivity index (χ3n) is 2.43. The van der Waals surface area contributed by atoms with Crippen LogP contribution < -0.4 is 0 Å². The Morgan fingerprint density at radius 1 is 1.50 bits per heavy atom. The number of carbonyl (C=O) groups excluding carboxylic acids is 1. The average molecular weight is 252 g/mol. The van der Waals surface area contributed by atoms with Crippen molar-refractivity contribution in [2.45, 2.75) is 25.3 Å². The minimum atomic E-state index is -4.49. The summed E-state index contributed by atoms with van der Waals surface area (Å²) < 4.78 is 14.9. The number of nitrogens with zero attached hydrogens (tertiary/aromatic N) is 1. The summed E-state index contributed by atoms with van der Waals surface area (Å²) in [5, 5.41) is 10.3. The first kappa shape index (κ1) is 13.6. The number of hydrogen-bond donors (Lipinski definition) is 2. The molecule has 7 nitrogen and oxygen atoms in total. The highest BCUT2D eigenvalue weighted by atomic mass is 31.2. The molecule has 8 heteroatoms. The van der Waals surface area contributed by atoms with Gasteiger partial charge >= 0.3 is 7.82 Å². The van der Waals surface area contributed by atoms with Crippen LogP contribution in [0.2, 0.25) is 0 Å². The molecule has 16 heavy (non-hydrogen) atoms. The minimum Gasteiger partial charge on any atom is -0.337 e. The highest BCUT2D eigenvalue weighted by molar-refractivity contribution is 7.46. The summed E-state index contributed by atoms with van der Waals surface area (Å²) in [6, 6.07) is -0.327. The van der Waals surface area contributed by atoms with Gasteiger partial charge in [-0.2, -0.15) is 0 Å². The molecular weight excluding hydrogens is 237 g/mol. The molecule has 2 N–H and O–H groups in total. The van der Waals surface area contributed by atoms with E-state index in [1.54, 1.807) is 0 Å². The lowest BCUT2D eigenvalue weighted by atomic mass is 10.2. The van der Waals surface area contributed by atoms with E-state index in [0.29, 0.717) is 25.8 Å². The molecule has 1 rings (SSSR count). The summed E-state index contributed by atoms with van der Waals surface area (Å²) in [5.41, 5.74) is 0. The fraction of sp³-hybridized carbons (Fsp3) is 0.875. The molecule has 0 aromatic rings. The lowest BCUT2D eigenvalue weighted by Gasteiger charge is -2.24. The number of rotatable bonds is 6. The highest BCUT2D eigenvalue weighted by Crippen LogP contribution is 2.37. The van der Waals surface area contributed by atoms with Gasteiger partial charge in [0.25, 0.3) is 0 Å². The Bertz CT molecular complexity index is 290. The van der Waals surface area contributed by atoms with Crippen molar-refractivity contribution in [2.24, 2.45) is 0 Å². The Kier molecular flexibility index (Phi) is 4.89. The van der Waals surface area contributed by atoms with Gasteiger partial charge < -0.3 is 14.7 Å². The molecule has 1 saturated heterocycles. The standard InChI is InChI=1S/C8H15NO6P/c10-5-1-4-9-7(2-3-8(9)11)6-15-16(12,13)14/h7H,1-6H2,(H2,12,13,14). The van der Waals surface area contributed by atoms with E-state index in [-0.39, 0.29) is 25.2 Å². The van der Waals surface area contributed by atoms with Gasteiger partial charge in [0, 0.05) is 13.0 Å². The molecular formula is C8H15NO6P. The first-order valence-corrected chi connectivity index (χ1v) is 6.55. The van der Waals surface area contributed by atoms with Crippen molar-refractivity contribution in [1.29, 1.82) is 0 Å². The molecule has 0 bridgehead atoms. The van der Waals surface area contributed by atoms with Gasteiger partial charge in [0.05, 0.1) is 19.3 Å². The van der Waals surface area contributed by atoms with E-state index < -0.39 is 7.82 Å². The lowest BCUT2D eigenvalue weighted by Crippen LogP contribution is -2.36. The van der Waals surface area contributed by atoms with Crippen molar-refractivity contribution in [3.63, 3.8) is 0 Å². The number of phosphoric acid groups is 1. The number of hydrogen-bond acceptors (Lipinski definition) is 3. The number of likely N-dealkylation sites (tertiary alicyclic amines) is 1. The molecule has 0 aromatic carbocycles. The minimum absolute atomic E-state index is 0.0900. The summed E-state index contributed by atoms with van der Waals surface area (Å²) in [7, 11) is -4.49. The maximum absolute atomic E-state index is 11.4. The molecule has 1 fully saturated rings. The second kappa shape index (κ2) is 5.75.